The summed E-state index contributed by atoms with van der Waals surface area (Å²) in [6.07, 6.45) is 4.24. The maximum Gasteiger partial charge on any atom is 0.326 e. The molecule has 0 saturated heterocycles. The highest BCUT2D eigenvalue weighted by atomic mass is 79.9. The van der Waals surface area contributed by atoms with Crippen LogP contribution in [0.3, 0.4) is 0 Å². The van der Waals surface area contributed by atoms with Crippen molar-refractivity contribution in [3.63, 3.8) is 0 Å². The number of hydrogen-bond donors (Lipinski definition) is 1. The van der Waals surface area contributed by atoms with Gasteiger partial charge in [0.1, 0.15) is 6.04 Å². The third-order valence-corrected chi connectivity index (χ3v) is 7.66. The first-order valence-corrected chi connectivity index (χ1v) is 9.65. The van der Waals surface area contributed by atoms with Gasteiger partial charge in [-0.2, -0.15) is 0 Å². The zero-order chi connectivity index (χ0) is 16.6. The molecule has 4 aliphatic rings. The molecule has 0 radical (unpaired) electrons. The first-order chi connectivity index (χ1) is 11.6. The van der Waals surface area contributed by atoms with E-state index in [0.717, 1.165) is 27.4 Å². The van der Waals surface area contributed by atoms with E-state index in [-0.39, 0.29) is 11.8 Å². The molecule has 5 heteroatoms. The second kappa shape index (κ2) is 5.07. The van der Waals surface area contributed by atoms with Gasteiger partial charge in [-0.15, -0.1) is 0 Å². The first-order valence-electron chi connectivity index (χ1n) is 8.86. The summed E-state index contributed by atoms with van der Waals surface area (Å²) >= 11 is 3.52. The summed E-state index contributed by atoms with van der Waals surface area (Å²) in [5.74, 6) is 1.86. The van der Waals surface area contributed by atoms with Crippen molar-refractivity contribution >= 4 is 27.8 Å². The third-order valence-electron chi connectivity index (χ3n) is 6.92. The molecule has 5 rings (SSSR count). The Morgan fingerprint density at radius 1 is 1.17 bits per heavy atom. The van der Waals surface area contributed by atoms with Crippen LogP contribution >= 0.6 is 15.9 Å². The van der Waals surface area contributed by atoms with E-state index >= 15 is 0 Å². The number of rotatable bonds is 2. The Balaban J connectivity index is 1.44. The van der Waals surface area contributed by atoms with Gasteiger partial charge in [0.05, 0.1) is 0 Å². The van der Waals surface area contributed by atoms with Gasteiger partial charge in [-0.3, -0.25) is 4.79 Å². The molecule has 3 aliphatic carbocycles. The van der Waals surface area contributed by atoms with Crippen LogP contribution in [0.4, 0.5) is 0 Å². The molecular formula is C19H20BrNO3. The molecule has 0 spiro atoms. The van der Waals surface area contributed by atoms with Crippen LogP contribution in [-0.4, -0.2) is 27.9 Å². The lowest BCUT2D eigenvalue weighted by Crippen LogP contribution is -2.49. The highest BCUT2D eigenvalue weighted by Crippen LogP contribution is 2.69. The minimum absolute atomic E-state index is 0.0969. The Hall–Kier alpha value is -1.36. The largest absolute Gasteiger partial charge is 0.480 e. The molecule has 126 valence electrons. The fraction of sp³-hybridized carbons (Fsp3) is 0.579. The maximum atomic E-state index is 13.2. The molecule has 3 fully saturated rings. The van der Waals surface area contributed by atoms with E-state index in [4.69, 9.17) is 0 Å². The van der Waals surface area contributed by atoms with Crippen molar-refractivity contribution < 1.29 is 14.7 Å². The quantitative estimate of drug-likeness (QED) is 0.845. The molecule has 4 nitrogen and oxygen atoms in total. The lowest BCUT2D eigenvalue weighted by molar-refractivity contribution is -0.152. The molecule has 3 saturated carbocycles. The number of halogens is 1. The van der Waals surface area contributed by atoms with Crippen molar-refractivity contribution in [2.45, 2.75) is 38.3 Å². The van der Waals surface area contributed by atoms with E-state index in [1.54, 1.807) is 4.90 Å². The molecular weight excluding hydrogens is 370 g/mol. The monoisotopic (exact) mass is 389 g/mol. The second-order valence-corrected chi connectivity index (χ2v) is 8.77. The normalized spacial score (nSPS) is 38.6. The smallest absolute Gasteiger partial charge is 0.326 e. The van der Waals surface area contributed by atoms with Gasteiger partial charge < -0.3 is 10.0 Å². The number of carbonyl (C=O) groups excluding carboxylic acids is 1. The third kappa shape index (κ3) is 1.97. The van der Waals surface area contributed by atoms with Crippen LogP contribution in [0, 0.1) is 29.6 Å². The summed E-state index contributed by atoms with van der Waals surface area (Å²) < 4.78 is 0.944. The number of aliphatic carboxylic acids is 1. The number of hydrogen-bond acceptors (Lipinski definition) is 2. The maximum absolute atomic E-state index is 13.2. The highest BCUT2D eigenvalue weighted by Gasteiger charge is 2.68. The molecule has 5 unspecified atom stereocenters. The minimum atomic E-state index is -0.890. The average Bonchev–Trinajstić information content (AvgIpc) is 3.00. The SMILES string of the molecule is O=C(O)C1Cc2c(Br)cccc2CN1C(=O)C1C2C3CCC(C3)C12. The van der Waals surface area contributed by atoms with E-state index in [1.165, 1.54) is 19.3 Å². The molecule has 1 aliphatic heterocycles. The molecule has 1 N–H and O–H groups in total. The summed E-state index contributed by atoms with van der Waals surface area (Å²) in [4.78, 5) is 26.6. The first kappa shape index (κ1) is 14.9. The van der Waals surface area contributed by atoms with E-state index in [1.807, 2.05) is 18.2 Å². The Morgan fingerprint density at radius 2 is 1.88 bits per heavy atom. The van der Waals surface area contributed by atoms with E-state index in [0.29, 0.717) is 24.8 Å². The summed E-state index contributed by atoms with van der Waals surface area (Å²) in [7, 11) is 0. The van der Waals surface area contributed by atoms with Crippen LogP contribution in [0.25, 0.3) is 0 Å². The zero-order valence-corrected chi connectivity index (χ0v) is 14.9. The van der Waals surface area contributed by atoms with Gasteiger partial charge in [-0.1, -0.05) is 28.1 Å². The van der Waals surface area contributed by atoms with Crippen molar-refractivity contribution in [1.82, 2.24) is 4.90 Å². The number of carboxylic acid groups (broad SMARTS) is 1. The van der Waals surface area contributed by atoms with Gasteiger partial charge in [-0.25, -0.2) is 4.79 Å². The van der Waals surface area contributed by atoms with Gasteiger partial charge >= 0.3 is 5.97 Å². The standard InChI is InChI=1S/C19H20BrNO3/c20-13-3-1-2-11-8-21(14(19(23)24)7-12(11)13)18(22)17-15-9-4-5-10(6-9)16(15)17/h1-3,9-10,14-17H,4-8H2,(H,23,24). The second-order valence-electron chi connectivity index (χ2n) is 7.92. The van der Waals surface area contributed by atoms with Crippen molar-refractivity contribution in [3.05, 3.63) is 33.8 Å². The molecule has 1 heterocycles. The summed E-state index contributed by atoms with van der Waals surface area (Å²) in [5, 5.41) is 9.69. The van der Waals surface area contributed by atoms with Crippen LogP contribution in [0.15, 0.2) is 22.7 Å². The van der Waals surface area contributed by atoms with Gasteiger partial charge in [0.2, 0.25) is 5.91 Å². The van der Waals surface area contributed by atoms with Gasteiger partial charge in [0.15, 0.2) is 0 Å². The van der Waals surface area contributed by atoms with Crippen molar-refractivity contribution in [2.75, 3.05) is 0 Å². The minimum Gasteiger partial charge on any atom is -0.480 e. The average molecular weight is 390 g/mol. The number of benzene rings is 1. The van der Waals surface area contributed by atoms with Crippen LogP contribution in [0.5, 0.6) is 0 Å². The van der Waals surface area contributed by atoms with Crippen molar-refractivity contribution in [1.29, 1.82) is 0 Å². The number of nitrogens with zero attached hydrogens (tertiary/aromatic N) is 1. The molecule has 5 atom stereocenters. The summed E-state index contributed by atoms with van der Waals surface area (Å²) in [6, 6.07) is 5.18. The number of carbonyl (C=O) groups is 2. The van der Waals surface area contributed by atoms with E-state index in [2.05, 4.69) is 15.9 Å². The number of fused-ring (bicyclic) bond motifs is 6. The fourth-order valence-corrected chi connectivity index (χ4v) is 6.45. The Bertz CT molecular complexity index is 732. The topological polar surface area (TPSA) is 57.6 Å². The molecule has 24 heavy (non-hydrogen) atoms. The Kier molecular flexibility index (Phi) is 3.16. The number of carboxylic acids is 1. The predicted octanol–water partition coefficient (Wildman–Crippen LogP) is 3.08. The lowest BCUT2D eigenvalue weighted by Gasteiger charge is -2.35. The van der Waals surface area contributed by atoms with Crippen LogP contribution in [-0.2, 0) is 22.6 Å². The highest BCUT2D eigenvalue weighted by molar-refractivity contribution is 9.10. The fourth-order valence-electron chi connectivity index (χ4n) is 5.88. The Morgan fingerprint density at radius 3 is 2.54 bits per heavy atom. The summed E-state index contributed by atoms with van der Waals surface area (Å²) in [6.45, 7) is 0.426. The van der Waals surface area contributed by atoms with Crippen LogP contribution in [0.2, 0.25) is 0 Å². The van der Waals surface area contributed by atoms with Gasteiger partial charge in [0, 0.05) is 23.4 Å². The lowest BCUT2D eigenvalue weighted by atomic mass is 9.92. The molecule has 1 aromatic carbocycles. The van der Waals surface area contributed by atoms with Crippen molar-refractivity contribution in [3.8, 4) is 0 Å². The van der Waals surface area contributed by atoms with E-state index < -0.39 is 12.0 Å². The Labute approximate surface area is 149 Å². The zero-order valence-electron chi connectivity index (χ0n) is 13.3. The molecule has 2 bridgehead atoms. The van der Waals surface area contributed by atoms with Gasteiger partial charge in [0.25, 0.3) is 0 Å². The molecule has 1 aromatic rings. The van der Waals surface area contributed by atoms with Crippen LogP contribution in [0.1, 0.15) is 30.4 Å². The number of amides is 1. The van der Waals surface area contributed by atoms with E-state index in [9.17, 15) is 14.7 Å². The molecule has 1 amide bonds. The molecule has 0 aromatic heterocycles. The van der Waals surface area contributed by atoms with Crippen molar-refractivity contribution in [2.24, 2.45) is 29.6 Å². The summed E-state index contributed by atoms with van der Waals surface area (Å²) in [5.41, 5.74) is 2.11. The van der Waals surface area contributed by atoms with Gasteiger partial charge in [-0.05, 0) is 60.1 Å². The predicted molar refractivity (Wildman–Crippen MR) is 91.1 cm³/mol. The van der Waals surface area contributed by atoms with Crippen LogP contribution < -0.4 is 0 Å².